The molecule has 1 aromatic heterocycles. The van der Waals surface area contributed by atoms with E-state index in [1.165, 1.54) is 16.0 Å². The van der Waals surface area contributed by atoms with Gasteiger partial charge in [0.25, 0.3) is 0 Å². The van der Waals surface area contributed by atoms with Gasteiger partial charge in [0.05, 0.1) is 11.5 Å². The first kappa shape index (κ1) is 12.0. The van der Waals surface area contributed by atoms with Crippen LogP contribution in [-0.2, 0) is 19.3 Å². The van der Waals surface area contributed by atoms with E-state index in [-0.39, 0.29) is 5.41 Å². The highest BCUT2D eigenvalue weighted by Gasteiger charge is 2.37. The van der Waals surface area contributed by atoms with Crippen molar-refractivity contribution in [3.8, 4) is 6.07 Å². The Morgan fingerprint density at radius 3 is 2.44 bits per heavy atom. The Hall–Kier alpha value is -1.11. The molecule has 1 aromatic carbocycles. The van der Waals surface area contributed by atoms with Gasteiger partial charge in [-0.2, -0.15) is 5.26 Å². The van der Waals surface area contributed by atoms with Gasteiger partial charge in [-0.1, -0.05) is 24.3 Å². The molecule has 0 bridgehead atoms. The molecule has 0 aliphatic heterocycles. The number of hydrogen-bond acceptors (Lipinski definition) is 2. The second-order valence-corrected chi connectivity index (χ2v) is 6.83. The quantitative estimate of drug-likeness (QED) is 0.807. The lowest BCUT2D eigenvalue weighted by Crippen LogP contribution is -2.21. The van der Waals surface area contributed by atoms with Crippen molar-refractivity contribution >= 4 is 27.3 Å². The van der Waals surface area contributed by atoms with E-state index in [0.29, 0.717) is 0 Å². The highest BCUT2D eigenvalue weighted by Crippen LogP contribution is 2.40. The van der Waals surface area contributed by atoms with Gasteiger partial charge in [0, 0.05) is 21.2 Å². The lowest BCUT2D eigenvalue weighted by Gasteiger charge is -2.18. The predicted molar refractivity (Wildman–Crippen MR) is 77.6 cm³/mol. The maximum Gasteiger partial charge on any atom is 0.0702 e. The Labute approximate surface area is 119 Å². The van der Waals surface area contributed by atoms with Gasteiger partial charge < -0.3 is 0 Å². The van der Waals surface area contributed by atoms with Crippen LogP contribution in [0.25, 0.3) is 0 Å². The maximum atomic E-state index is 9.60. The van der Waals surface area contributed by atoms with Crippen LogP contribution in [0.4, 0.5) is 0 Å². The number of thiophene rings is 1. The summed E-state index contributed by atoms with van der Waals surface area (Å²) in [6, 6.07) is 13.1. The van der Waals surface area contributed by atoms with Crippen molar-refractivity contribution in [2.45, 2.75) is 19.3 Å². The normalized spacial score (nSPS) is 16.2. The van der Waals surface area contributed by atoms with Crippen molar-refractivity contribution in [1.29, 1.82) is 5.26 Å². The van der Waals surface area contributed by atoms with E-state index in [9.17, 15) is 5.26 Å². The summed E-state index contributed by atoms with van der Waals surface area (Å²) in [5.41, 5.74) is 2.44. The molecular weight excluding hydrogens is 306 g/mol. The molecule has 0 saturated carbocycles. The van der Waals surface area contributed by atoms with Gasteiger partial charge in [-0.15, -0.1) is 11.3 Å². The van der Waals surface area contributed by atoms with E-state index in [1.54, 1.807) is 11.3 Å². The Balaban J connectivity index is 1.89. The van der Waals surface area contributed by atoms with Crippen molar-refractivity contribution in [2.24, 2.45) is 5.41 Å². The van der Waals surface area contributed by atoms with Crippen LogP contribution in [0.2, 0.25) is 0 Å². The van der Waals surface area contributed by atoms with Crippen LogP contribution >= 0.6 is 27.3 Å². The molecule has 90 valence electrons. The topological polar surface area (TPSA) is 23.8 Å². The van der Waals surface area contributed by atoms with Crippen LogP contribution in [0.15, 0.2) is 40.2 Å². The third-order valence-corrected chi connectivity index (χ3v) is 5.25. The summed E-state index contributed by atoms with van der Waals surface area (Å²) in [6.07, 6.45) is 2.62. The average molecular weight is 318 g/mol. The van der Waals surface area contributed by atoms with Crippen LogP contribution in [0.5, 0.6) is 0 Å². The van der Waals surface area contributed by atoms with Crippen molar-refractivity contribution in [2.75, 3.05) is 0 Å². The highest BCUT2D eigenvalue weighted by atomic mass is 79.9. The van der Waals surface area contributed by atoms with E-state index in [4.69, 9.17) is 0 Å². The zero-order valence-electron chi connectivity index (χ0n) is 9.82. The molecule has 0 radical (unpaired) electrons. The minimum atomic E-state index is -0.242. The van der Waals surface area contributed by atoms with Gasteiger partial charge in [-0.25, -0.2) is 0 Å². The molecule has 0 spiro atoms. The van der Waals surface area contributed by atoms with Crippen molar-refractivity contribution in [3.05, 3.63) is 56.2 Å². The molecule has 0 fully saturated rings. The molecule has 1 aliphatic carbocycles. The van der Waals surface area contributed by atoms with E-state index >= 15 is 0 Å². The molecule has 0 atom stereocenters. The summed E-state index contributed by atoms with van der Waals surface area (Å²) < 4.78 is 1.12. The van der Waals surface area contributed by atoms with Gasteiger partial charge >= 0.3 is 0 Å². The van der Waals surface area contributed by atoms with Crippen LogP contribution in [0.3, 0.4) is 0 Å². The number of nitriles is 1. The summed E-state index contributed by atoms with van der Waals surface area (Å²) >= 11 is 5.21. The van der Waals surface area contributed by atoms with Crippen LogP contribution in [0, 0.1) is 16.7 Å². The number of halogens is 1. The lowest BCUT2D eigenvalue weighted by molar-refractivity contribution is 0.421. The summed E-state index contributed by atoms with van der Waals surface area (Å²) in [5.74, 6) is 0. The molecule has 0 unspecified atom stereocenters. The Morgan fingerprint density at radius 2 is 1.94 bits per heavy atom. The standard InChI is InChI=1S/C15H12BrNS/c16-13-5-14(18-9-13)8-15(10-17)6-11-3-1-2-4-12(11)7-15/h1-5,9H,6-8H2. The molecule has 0 amide bonds. The number of nitrogens with zero attached hydrogens (tertiary/aromatic N) is 1. The van der Waals surface area contributed by atoms with Gasteiger partial charge in [0.1, 0.15) is 0 Å². The fourth-order valence-corrected chi connectivity index (χ4v) is 4.31. The minimum absolute atomic E-state index is 0.242. The fraction of sp³-hybridized carbons (Fsp3) is 0.267. The van der Waals surface area contributed by atoms with E-state index in [0.717, 1.165) is 23.7 Å². The molecule has 1 aliphatic rings. The molecular formula is C15H12BrNS. The molecule has 1 heterocycles. The average Bonchev–Trinajstić information content (AvgIpc) is 2.93. The summed E-state index contributed by atoms with van der Waals surface area (Å²) in [5, 5.41) is 11.7. The molecule has 0 saturated heterocycles. The summed E-state index contributed by atoms with van der Waals surface area (Å²) in [7, 11) is 0. The molecule has 0 N–H and O–H groups in total. The van der Waals surface area contributed by atoms with E-state index < -0.39 is 0 Å². The summed E-state index contributed by atoms with van der Waals surface area (Å²) in [4.78, 5) is 1.29. The third kappa shape index (κ3) is 2.11. The van der Waals surface area contributed by atoms with Crippen molar-refractivity contribution in [3.63, 3.8) is 0 Å². The van der Waals surface area contributed by atoms with Gasteiger partial charge in [0.2, 0.25) is 0 Å². The van der Waals surface area contributed by atoms with Crippen molar-refractivity contribution < 1.29 is 0 Å². The van der Waals surface area contributed by atoms with E-state index in [2.05, 4.69) is 57.7 Å². The van der Waals surface area contributed by atoms with Gasteiger partial charge in [-0.05, 0) is 46.0 Å². The summed E-state index contributed by atoms with van der Waals surface area (Å²) in [6.45, 7) is 0. The smallest absolute Gasteiger partial charge is 0.0702 e. The lowest BCUT2D eigenvalue weighted by atomic mass is 9.82. The SMILES string of the molecule is N#CC1(Cc2cc(Br)cs2)Cc2ccccc2C1. The largest absolute Gasteiger partial charge is 0.198 e. The first-order valence-electron chi connectivity index (χ1n) is 5.92. The zero-order chi connectivity index (χ0) is 12.6. The van der Waals surface area contributed by atoms with Crippen LogP contribution in [0.1, 0.15) is 16.0 Å². The Kier molecular flexibility index (Phi) is 3.01. The first-order chi connectivity index (χ1) is 8.71. The van der Waals surface area contributed by atoms with Crippen LogP contribution < -0.4 is 0 Å². The first-order valence-corrected chi connectivity index (χ1v) is 7.59. The number of hydrogen-bond donors (Lipinski definition) is 0. The molecule has 3 rings (SSSR count). The Morgan fingerprint density at radius 1 is 1.28 bits per heavy atom. The molecule has 1 nitrogen and oxygen atoms in total. The van der Waals surface area contributed by atoms with Gasteiger partial charge in [0.15, 0.2) is 0 Å². The van der Waals surface area contributed by atoms with Crippen LogP contribution in [-0.4, -0.2) is 0 Å². The van der Waals surface area contributed by atoms with Gasteiger partial charge in [-0.3, -0.25) is 0 Å². The number of benzene rings is 1. The minimum Gasteiger partial charge on any atom is -0.198 e. The Bertz CT molecular complexity index is 598. The molecule has 2 aromatic rings. The monoisotopic (exact) mass is 317 g/mol. The number of rotatable bonds is 2. The van der Waals surface area contributed by atoms with E-state index in [1.807, 2.05) is 0 Å². The third-order valence-electron chi connectivity index (χ3n) is 3.55. The molecule has 18 heavy (non-hydrogen) atoms. The molecule has 3 heteroatoms. The highest BCUT2D eigenvalue weighted by molar-refractivity contribution is 9.10. The predicted octanol–water partition coefficient (Wildman–Crippen LogP) is 4.36. The maximum absolute atomic E-state index is 9.60. The number of fused-ring (bicyclic) bond motifs is 1. The zero-order valence-corrected chi connectivity index (χ0v) is 12.2. The second kappa shape index (κ2) is 4.53. The van der Waals surface area contributed by atoms with Crippen molar-refractivity contribution in [1.82, 2.24) is 0 Å². The second-order valence-electron chi connectivity index (χ2n) is 4.92. The fourth-order valence-electron chi connectivity index (χ4n) is 2.72.